The Hall–Kier alpha value is -3.05. The normalized spacial score (nSPS) is 16.2. The molecule has 3 aromatic carbocycles. The number of carbonyl (C=O) groups is 2. The molecule has 1 N–H and O–H groups in total. The van der Waals surface area contributed by atoms with Gasteiger partial charge >= 0.3 is 0 Å². The molecule has 0 unspecified atom stereocenters. The molecule has 34 heavy (non-hydrogen) atoms. The zero-order chi connectivity index (χ0) is 24.8. The topological polar surface area (TPSA) is 57.6 Å². The molecule has 0 radical (unpaired) electrons. The van der Waals surface area contributed by atoms with Gasteiger partial charge in [0, 0.05) is 11.1 Å². The Morgan fingerprint density at radius 1 is 0.882 bits per heavy atom. The summed E-state index contributed by atoms with van der Waals surface area (Å²) in [6.45, 7) is 12.5. The number of nitrogens with zero attached hydrogens (tertiary/aromatic N) is 1. The van der Waals surface area contributed by atoms with Gasteiger partial charge in [0.25, 0.3) is 11.1 Å². The van der Waals surface area contributed by atoms with Crippen LogP contribution < -0.4 is 0 Å². The third-order valence-electron chi connectivity index (χ3n) is 6.13. The second-order valence-electron chi connectivity index (χ2n) is 10.9. The maximum absolute atomic E-state index is 13.3. The van der Waals surface area contributed by atoms with E-state index in [9.17, 15) is 14.7 Å². The number of hydrogen-bond acceptors (Lipinski definition) is 4. The summed E-state index contributed by atoms with van der Waals surface area (Å²) in [6, 6.07) is 17.7. The summed E-state index contributed by atoms with van der Waals surface area (Å²) in [6.07, 6.45) is 1.78. The van der Waals surface area contributed by atoms with Crippen LogP contribution in [0.3, 0.4) is 0 Å². The highest BCUT2D eigenvalue weighted by Gasteiger charge is 2.35. The molecule has 1 fully saturated rings. The second kappa shape index (κ2) is 8.62. The van der Waals surface area contributed by atoms with Crippen LogP contribution in [-0.2, 0) is 22.2 Å². The van der Waals surface area contributed by atoms with Crippen LogP contribution in [-0.4, -0.2) is 21.2 Å². The zero-order valence-electron chi connectivity index (χ0n) is 20.6. The Morgan fingerprint density at radius 3 is 2.09 bits per heavy atom. The predicted molar refractivity (Wildman–Crippen MR) is 141 cm³/mol. The van der Waals surface area contributed by atoms with Gasteiger partial charge in [0.1, 0.15) is 5.75 Å². The molecule has 5 heteroatoms. The van der Waals surface area contributed by atoms with E-state index in [2.05, 4.69) is 41.5 Å². The summed E-state index contributed by atoms with van der Waals surface area (Å²) < 4.78 is 0. The number of fused-ring (bicyclic) bond motifs is 1. The SMILES string of the molecule is CC(C)(C)c1cc(/C=C2\SC(=O)N(Cc3cccc4ccccc34)C2=O)cc(C(C)(C)C)c1O. The van der Waals surface area contributed by atoms with E-state index in [1.807, 2.05) is 54.6 Å². The lowest BCUT2D eigenvalue weighted by Gasteiger charge is -2.28. The molecule has 1 heterocycles. The van der Waals surface area contributed by atoms with Crippen LogP contribution >= 0.6 is 11.8 Å². The molecular weight excluding hydrogens is 442 g/mol. The number of hydrogen-bond donors (Lipinski definition) is 1. The molecule has 4 nitrogen and oxygen atoms in total. The minimum Gasteiger partial charge on any atom is -0.507 e. The van der Waals surface area contributed by atoms with E-state index >= 15 is 0 Å². The lowest BCUT2D eigenvalue weighted by atomic mass is 9.78. The van der Waals surface area contributed by atoms with E-state index in [0.29, 0.717) is 10.7 Å². The summed E-state index contributed by atoms with van der Waals surface area (Å²) in [5.74, 6) is 0.00633. The van der Waals surface area contributed by atoms with Crippen molar-refractivity contribution in [2.75, 3.05) is 0 Å². The molecule has 0 spiro atoms. The Labute approximate surface area is 205 Å². The smallest absolute Gasteiger partial charge is 0.293 e. The van der Waals surface area contributed by atoms with Crippen molar-refractivity contribution < 1.29 is 14.7 Å². The van der Waals surface area contributed by atoms with E-state index < -0.39 is 0 Å². The van der Waals surface area contributed by atoms with Gasteiger partial charge in [0.2, 0.25) is 0 Å². The van der Waals surface area contributed by atoms with Gasteiger partial charge in [0.05, 0.1) is 11.4 Å². The van der Waals surface area contributed by atoms with Crippen LogP contribution in [0.1, 0.15) is 63.8 Å². The molecule has 0 saturated carbocycles. The third kappa shape index (κ3) is 4.62. The first-order chi connectivity index (χ1) is 15.9. The third-order valence-corrected chi connectivity index (χ3v) is 7.04. The summed E-state index contributed by atoms with van der Waals surface area (Å²) in [7, 11) is 0. The van der Waals surface area contributed by atoms with Crippen molar-refractivity contribution in [2.24, 2.45) is 0 Å². The van der Waals surface area contributed by atoms with E-state index in [4.69, 9.17) is 0 Å². The van der Waals surface area contributed by atoms with Crippen molar-refractivity contribution in [1.29, 1.82) is 0 Å². The molecule has 0 aromatic heterocycles. The Balaban J connectivity index is 1.71. The number of amides is 2. The first-order valence-electron chi connectivity index (χ1n) is 11.5. The van der Waals surface area contributed by atoms with Gasteiger partial charge in [-0.15, -0.1) is 0 Å². The molecule has 0 bridgehead atoms. The van der Waals surface area contributed by atoms with Gasteiger partial charge in [-0.05, 0) is 62.7 Å². The number of rotatable bonds is 3. The first-order valence-corrected chi connectivity index (χ1v) is 12.3. The Bertz CT molecular complexity index is 1280. The van der Waals surface area contributed by atoms with Crippen molar-refractivity contribution in [3.8, 4) is 5.75 Å². The monoisotopic (exact) mass is 473 g/mol. The lowest BCUT2D eigenvalue weighted by molar-refractivity contribution is -0.123. The second-order valence-corrected chi connectivity index (χ2v) is 11.9. The quantitative estimate of drug-likeness (QED) is 0.403. The zero-order valence-corrected chi connectivity index (χ0v) is 21.4. The summed E-state index contributed by atoms with van der Waals surface area (Å²) in [4.78, 5) is 27.8. The molecule has 176 valence electrons. The van der Waals surface area contributed by atoms with Crippen LogP contribution in [0, 0.1) is 0 Å². The van der Waals surface area contributed by atoms with Crippen LogP contribution in [0.15, 0.2) is 59.5 Å². The predicted octanol–water partition coefficient (Wildman–Crippen LogP) is 7.38. The van der Waals surface area contributed by atoms with Crippen LogP contribution in [0.2, 0.25) is 0 Å². The number of phenolic OH excluding ortho intramolecular Hbond substituents is 1. The first kappa shape index (κ1) is 24.1. The van der Waals surface area contributed by atoms with Crippen LogP contribution in [0.25, 0.3) is 16.8 Å². The number of carbonyl (C=O) groups excluding carboxylic acids is 2. The van der Waals surface area contributed by atoms with Gasteiger partial charge in [-0.1, -0.05) is 84.0 Å². The molecule has 0 atom stereocenters. The van der Waals surface area contributed by atoms with Gasteiger partial charge < -0.3 is 5.11 Å². The highest BCUT2D eigenvalue weighted by Crippen LogP contribution is 2.41. The minimum atomic E-state index is -0.286. The number of aromatic hydroxyl groups is 1. The number of benzene rings is 3. The van der Waals surface area contributed by atoms with Gasteiger partial charge in [-0.2, -0.15) is 0 Å². The molecule has 1 saturated heterocycles. The van der Waals surface area contributed by atoms with Crippen molar-refractivity contribution in [2.45, 2.75) is 58.9 Å². The fraction of sp³-hybridized carbons (Fsp3) is 0.310. The molecule has 1 aliphatic rings. The van der Waals surface area contributed by atoms with Crippen molar-refractivity contribution in [3.05, 3.63) is 81.8 Å². The minimum absolute atomic E-state index is 0.236. The van der Waals surface area contributed by atoms with Crippen LogP contribution in [0.5, 0.6) is 5.75 Å². The molecule has 4 rings (SSSR count). The summed E-state index contributed by atoms with van der Waals surface area (Å²) in [5.41, 5.74) is 2.84. The maximum atomic E-state index is 13.3. The van der Waals surface area contributed by atoms with Gasteiger partial charge in [0.15, 0.2) is 0 Å². The average molecular weight is 474 g/mol. The highest BCUT2D eigenvalue weighted by atomic mass is 32.2. The number of thioether (sulfide) groups is 1. The van der Waals surface area contributed by atoms with Gasteiger partial charge in [-0.3, -0.25) is 14.5 Å². The summed E-state index contributed by atoms with van der Waals surface area (Å²) in [5, 5.41) is 12.8. The largest absolute Gasteiger partial charge is 0.507 e. The Morgan fingerprint density at radius 2 is 1.47 bits per heavy atom. The van der Waals surface area contributed by atoms with Crippen LogP contribution in [0.4, 0.5) is 4.79 Å². The van der Waals surface area contributed by atoms with E-state index in [-0.39, 0.29) is 28.5 Å². The molecular formula is C29H31NO3S. The number of imide groups is 1. The van der Waals surface area contributed by atoms with Crippen molar-refractivity contribution in [3.63, 3.8) is 0 Å². The van der Waals surface area contributed by atoms with E-state index in [1.54, 1.807) is 6.08 Å². The lowest BCUT2D eigenvalue weighted by Crippen LogP contribution is -2.27. The van der Waals surface area contributed by atoms with Gasteiger partial charge in [-0.25, -0.2) is 0 Å². The molecule has 3 aromatic rings. The van der Waals surface area contributed by atoms with Crippen molar-refractivity contribution >= 4 is 39.8 Å². The Kier molecular flexibility index (Phi) is 6.11. The molecule has 1 aliphatic heterocycles. The molecule has 0 aliphatic carbocycles. The fourth-order valence-electron chi connectivity index (χ4n) is 4.27. The maximum Gasteiger partial charge on any atom is 0.293 e. The standard InChI is InChI=1S/C29H31NO3S/c1-28(2,3)22-14-18(15-23(25(22)31)29(4,5)6)16-24-26(32)30(27(33)34-24)17-20-12-9-11-19-10-7-8-13-21(19)20/h7-16,31H,17H2,1-6H3/b24-16-. The van der Waals surface area contributed by atoms with E-state index in [1.165, 1.54) is 4.90 Å². The average Bonchev–Trinajstić information content (AvgIpc) is 3.01. The molecule has 2 amide bonds. The summed E-state index contributed by atoms with van der Waals surface area (Å²) >= 11 is 0.968. The van der Waals surface area contributed by atoms with Crippen molar-refractivity contribution in [1.82, 2.24) is 4.90 Å². The highest BCUT2D eigenvalue weighted by molar-refractivity contribution is 8.18. The van der Waals surface area contributed by atoms with E-state index in [0.717, 1.165) is 44.8 Å². The fourth-order valence-corrected chi connectivity index (χ4v) is 5.11. The number of phenols is 1.